The monoisotopic (exact) mass is 246 g/mol. The third-order valence-corrected chi connectivity index (χ3v) is 3.96. The minimum absolute atomic E-state index is 0.261. The Morgan fingerprint density at radius 3 is 2.67 bits per heavy atom. The first-order valence-corrected chi connectivity index (χ1v) is 7.20. The lowest BCUT2D eigenvalue weighted by Gasteiger charge is -2.27. The Balaban J connectivity index is 2.11. The van der Waals surface area contributed by atoms with Crippen LogP contribution in [0.2, 0.25) is 0 Å². The van der Waals surface area contributed by atoms with Crippen LogP contribution in [0.25, 0.3) is 0 Å². The number of hydrogen-bond acceptors (Lipinski definition) is 1. The van der Waals surface area contributed by atoms with Crippen molar-refractivity contribution in [3.8, 4) is 0 Å². The zero-order valence-corrected chi connectivity index (χ0v) is 12.3. The predicted octanol–water partition coefficient (Wildman–Crippen LogP) is 4.13. The van der Waals surface area contributed by atoms with Gasteiger partial charge in [0.15, 0.2) is 0 Å². The third kappa shape index (κ3) is 3.14. The molecule has 0 radical (unpaired) electrons. The second-order valence-electron chi connectivity index (χ2n) is 6.50. The Bertz CT molecular complexity index is 401. The summed E-state index contributed by atoms with van der Waals surface area (Å²) in [5.41, 5.74) is 4.83. The van der Waals surface area contributed by atoms with E-state index in [-0.39, 0.29) is 5.41 Å². The molecule has 1 atom stereocenters. The summed E-state index contributed by atoms with van der Waals surface area (Å²) in [6.07, 6.45) is 3.69. The van der Waals surface area contributed by atoms with Crippen LogP contribution < -0.4 is 0 Å². The van der Waals surface area contributed by atoms with Crippen molar-refractivity contribution >= 4 is 0 Å². The highest BCUT2D eigenvalue weighted by Gasteiger charge is 2.21. The molecule has 0 saturated heterocycles. The van der Waals surface area contributed by atoms with Crippen molar-refractivity contribution < 1.29 is 4.74 Å². The van der Waals surface area contributed by atoms with Gasteiger partial charge in [-0.1, -0.05) is 39.0 Å². The molecular weight excluding hydrogens is 220 g/mol. The molecule has 0 heterocycles. The summed E-state index contributed by atoms with van der Waals surface area (Å²) in [4.78, 5) is 0. The summed E-state index contributed by atoms with van der Waals surface area (Å²) in [5, 5.41) is 0. The van der Waals surface area contributed by atoms with Crippen LogP contribution in [-0.2, 0) is 23.0 Å². The Morgan fingerprint density at radius 1 is 1.22 bits per heavy atom. The lowest BCUT2D eigenvalue weighted by molar-refractivity contribution is 0.105. The smallest absolute Gasteiger partial charge is 0.0497 e. The molecule has 1 aliphatic rings. The number of ether oxygens (including phenoxy) is 1. The summed E-state index contributed by atoms with van der Waals surface area (Å²) >= 11 is 0. The Hall–Kier alpha value is -0.820. The maximum absolute atomic E-state index is 5.57. The van der Waals surface area contributed by atoms with Crippen LogP contribution in [0.5, 0.6) is 0 Å². The maximum Gasteiger partial charge on any atom is 0.0497 e. The molecular formula is C17H26O. The van der Waals surface area contributed by atoms with Gasteiger partial charge in [-0.15, -0.1) is 0 Å². The van der Waals surface area contributed by atoms with E-state index in [1.807, 2.05) is 0 Å². The molecule has 1 aliphatic carbocycles. The lowest BCUT2D eigenvalue weighted by Crippen LogP contribution is -2.20. The number of aryl methyl sites for hydroxylation is 1. The molecule has 0 spiro atoms. The zero-order valence-electron chi connectivity index (χ0n) is 12.3. The van der Waals surface area contributed by atoms with Gasteiger partial charge in [-0.05, 0) is 54.2 Å². The Kier molecular flexibility index (Phi) is 4.11. The van der Waals surface area contributed by atoms with Gasteiger partial charge in [0.1, 0.15) is 0 Å². The fourth-order valence-corrected chi connectivity index (χ4v) is 2.72. The molecule has 0 saturated carbocycles. The fourth-order valence-electron chi connectivity index (χ4n) is 2.72. The predicted molar refractivity (Wildman–Crippen MR) is 77.2 cm³/mol. The number of fused-ring (bicyclic) bond motifs is 1. The summed E-state index contributed by atoms with van der Waals surface area (Å²) in [7, 11) is 0. The lowest BCUT2D eigenvalue weighted by atomic mass is 9.79. The van der Waals surface area contributed by atoms with E-state index < -0.39 is 0 Å². The number of rotatable bonds is 3. The van der Waals surface area contributed by atoms with Gasteiger partial charge < -0.3 is 4.74 Å². The third-order valence-electron chi connectivity index (χ3n) is 3.96. The van der Waals surface area contributed by atoms with Gasteiger partial charge in [-0.3, -0.25) is 0 Å². The van der Waals surface area contributed by atoms with Crippen molar-refractivity contribution in [3.63, 3.8) is 0 Å². The number of benzene rings is 1. The fraction of sp³-hybridized carbons (Fsp3) is 0.647. The molecule has 1 unspecified atom stereocenters. The van der Waals surface area contributed by atoms with Gasteiger partial charge in [-0.2, -0.15) is 0 Å². The van der Waals surface area contributed by atoms with Gasteiger partial charge in [0.05, 0.1) is 0 Å². The molecule has 2 rings (SSSR count). The first-order valence-electron chi connectivity index (χ1n) is 7.20. The average molecular weight is 246 g/mol. The molecule has 0 aromatic heterocycles. The van der Waals surface area contributed by atoms with E-state index >= 15 is 0 Å². The standard InChI is InChI=1S/C17H26O/c1-5-18-12-13-6-7-15-11-16(17(2,3)4)9-8-14(15)10-13/h8-9,11,13H,5-7,10,12H2,1-4H3. The van der Waals surface area contributed by atoms with E-state index in [1.54, 1.807) is 11.1 Å². The second-order valence-corrected chi connectivity index (χ2v) is 6.50. The summed E-state index contributed by atoms with van der Waals surface area (Å²) in [6, 6.07) is 7.07. The van der Waals surface area contributed by atoms with Gasteiger partial charge in [0.2, 0.25) is 0 Å². The molecule has 0 N–H and O–H groups in total. The topological polar surface area (TPSA) is 9.23 Å². The van der Waals surface area contributed by atoms with Crippen LogP contribution in [0.4, 0.5) is 0 Å². The van der Waals surface area contributed by atoms with Crippen LogP contribution in [0.3, 0.4) is 0 Å². The summed E-state index contributed by atoms with van der Waals surface area (Å²) in [6.45, 7) is 10.7. The van der Waals surface area contributed by atoms with Crippen molar-refractivity contribution in [3.05, 3.63) is 34.9 Å². The first-order chi connectivity index (χ1) is 8.50. The second kappa shape index (κ2) is 5.44. The van der Waals surface area contributed by atoms with E-state index in [1.165, 1.54) is 24.8 Å². The van der Waals surface area contributed by atoms with Gasteiger partial charge >= 0.3 is 0 Å². The van der Waals surface area contributed by atoms with Crippen molar-refractivity contribution in [2.75, 3.05) is 13.2 Å². The van der Waals surface area contributed by atoms with Gasteiger partial charge in [0, 0.05) is 13.2 Å². The van der Waals surface area contributed by atoms with Gasteiger partial charge in [0.25, 0.3) is 0 Å². The minimum Gasteiger partial charge on any atom is -0.381 e. The summed E-state index contributed by atoms with van der Waals surface area (Å²) in [5.74, 6) is 0.720. The maximum atomic E-state index is 5.57. The van der Waals surface area contributed by atoms with E-state index in [9.17, 15) is 0 Å². The van der Waals surface area contributed by atoms with E-state index in [2.05, 4.69) is 45.9 Å². The van der Waals surface area contributed by atoms with Crippen LogP contribution >= 0.6 is 0 Å². The van der Waals surface area contributed by atoms with Crippen LogP contribution in [0.1, 0.15) is 50.8 Å². The Labute approximate surface area is 112 Å². The molecule has 0 bridgehead atoms. The van der Waals surface area contributed by atoms with Crippen molar-refractivity contribution in [2.24, 2.45) is 5.92 Å². The molecule has 1 aromatic carbocycles. The number of hydrogen-bond donors (Lipinski definition) is 0. The normalized spacial score (nSPS) is 19.7. The summed E-state index contributed by atoms with van der Waals surface area (Å²) < 4.78 is 5.57. The quantitative estimate of drug-likeness (QED) is 0.779. The average Bonchev–Trinajstić information content (AvgIpc) is 2.34. The van der Waals surface area contributed by atoms with E-state index in [0.717, 1.165) is 19.1 Å². The molecule has 0 amide bonds. The molecule has 1 heteroatoms. The van der Waals surface area contributed by atoms with Crippen molar-refractivity contribution in [1.82, 2.24) is 0 Å². The molecule has 1 nitrogen and oxygen atoms in total. The van der Waals surface area contributed by atoms with Crippen LogP contribution in [0, 0.1) is 5.92 Å². The van der Waals surface area contributed by atoms with Crippen LogP contribution in [0.15, 0.2) is 18.2 Å². The molecule has 1 aromatic rings. The molecule has 0 fully saturated rings. The van der Waals surface area contributed by atoms with E-state index in [0.29, 0.717) is 0 Å². The SMILES string of the molecule is CCOCC1CCc2cc(C(C)(C)C)ccc2C1. The highest BCUT2D eigenvalue weighted by atomic mass is 16.5. The molecule has 18 heavy (non-hydrogen) atoms. The van der Waals surface area contributed by atoms with Crippen molar-refractivity contribution in [2.45, 2.75) is 52.4 Å². The highest BCUT2D eigenvalue weighted by molar-refractivity contribution is 5.37. The van der Waals surface area contributed by atoms with Crippen LogP contribution in [-0.4, -0.2) is 13.2 Å². The zero-order chi connectivity index (χ0) is 13.2. The largest absolute Gasteiger partial charge is 0.381 e. The van der Waals surface area contributed by atoms with Gasteiger partial charge in [-0.25, -0.2) is 0 Å². The van der Waals surface area contributed by atoms with Crippen molar-refractivity contribution in [1.29, 1.82) is 0 Å². The molecule has 0 aliphatic heterocycles. The molecule has 100 valence electrons. The highest BCUT2D eigenvalue weighted by Crippen LogP contribution is 2.30. The van der Waals surface area contributed by atoms with E-state index in [4.69, 9.17) is 4.74 Å². The minimum atomic E-state index is 0.261. The Morgan fingerprint density at radius 2 is 2.00 bits per heavy atom. The first kappa shape index (κ1) is 13.6.